The first-order valence-corrected chi connectivity index (χ1v) is 9.48. The molecule has 0 heterocycles. The third-order valence-electron chi connectivity index (χ3n) is 3.82. The Labute approximate surface area is 175 Å². The molecule has 7 heteroatoms. The fourth-order valence-corrected chi connectivity index (χ4v) is 2.89. The van der Waals surface area contributed by atoms with Crippen LogP contribution in [0.1, 0.15) is 21.5 Å². The summed E-state index contributed by atoms with van der Waals surface area (Å²) in [6, 6.07) is 19.4. The molecule has 0 unspecified atom stereocenters. The van der Waals surface area contributed by atoms with E-state index in [0.717, 1.165) is 11.1 Å². The summed E-state index contributed by atoms with van der Waals surface area (Å²) in [5, 5.41) is 14.3. The Kier molecular flexibility index (Phi) is 6.68. The number of carbonyl (C=O) groups is 1. The van der Waals surface area contributed by atoms with E-state index in [4.69, 9.17) is 16.3 Å². The van der Waals surface area contributed by atoms with Crippen molar-refractivity contribution in [2.24, 2.45) is 5.10 Å². The van der Waals surface area contributed by atoms with Gasteiger partial charge in [-0.3, -0.25) is 4.79 Å². The minimum atomic E-state index is -0.505. The molecule has 0 saturated carbocycles. The maximum Gasteiger partial charge on any atom is 0.275 e. The predicted octanol–water partition coefficient (Wildman–Crippen LogP) is 5.15. The molecule has 142 valence electrons. The molecule has 0 radical (unpaired) electrons. The van der Waals surface area contributed by atoms with E-state index in [1.54, 1.807) is 18.2 Å². The van der Waals surface area contributed by atoms with Gasteiger partial charge in [-0.05, 0) is 54.1 Å². The topological polar surface area (TPSA) is 70.9 Å². The highest BCUT2D eigenvalue weighted by Gasteiger charge is 2.10. The number of hydrazone groups is 1. The number of hydrogen-bond donors (Lipinski definition) is 2. The Balaban J connectivity index is 1.56. The summed E-state index contributed by atoms with van der Waals surface area (Å²) in [5.74, 6) is 0.0748. The van der Waals surface area contributed by atoms with Gasteiger partial charge >= 0.3 is 0 Å². The van der Waals surface area contributed by atoms with Crippen LogP contribution in [-0.4, -0.2) is 17.2 Å². The molecule has 0 fully saturated rings. The second-order valence-electron chi connectivity index (χ2n) is 5.81. The van der Waals surface area contributed by atoms with Gasteiger partial charge in [-0.2, -0.15) is 5.10 Å². The predicted molar refractivity (Wildman–Crippen MR) is 113 cm³/mol. The highest BCUT2D eigenvalue weighted by atomic mass is 79.9. The summed E-state index contributed by atoms with van der Waals surface area (Å²) < 4.78 is 6.41. The van der Waals surface area contributed by atoms with Gasteiger partial charge in [0, 0.05) is 15.1 Å². The van der Waals surface area contributed by atoms with E-state index in [9.17, 15) is 9.90 Å². The van der Waals surface area contributed by atoms with Gasteiger partial charge in [-0.25, -0.2) is 5.43 Å². The Morgan fingerprint density at radius 2 is 1.89 bits per heavy atom. The molecule has 0 aromatic heterocycles. The molecule has 0 atom stereocenters. The van der Waals surface area contributed by atoms with Crippen LogP contribution in [0.4, 0.5) is 0 Å². The molecule has 0 saturated heterocycles. The number of halogens is 2. The van der Waals surface area contributed by atoms with E-state index in [1.165, 1.54) is 18.3 Å². The van der Waals surface area contributed by atoms with Crippen LogP contribution in [0.2, 0.25) is 5.02 Å². The van der Waals surface area contributed by atoms with Crippen LogP contribution < -0.4 is 10.2 Å². The monoisotopic (exact) mass is 458 g/mol. The van der Waals surface area contributed by atoms with Gasteiger partial charge < -0.3 is 9.84 Å². The number of phenolic OH excluding ortho intramolecular Hbond substituents is 1. The average molecular weight is 460 g/mol. The zero-order valence-corrected chi connectivity index (χ0v) is 16.9. The number of rotatable bonds is 6. The van der Waals surface area contributed by atoms with Crippen molar-refractivity contribution in [3.63, 3.8) is 0 Å². The molecule has 0 aliphatic rings. The van der Waals surface area contributed by atoms with Crippen molar-refractivity contribution in [3.05, 3.63) is 92.9 Å². The van der Waals surface area contributed by atoms with Crippen molar-refractivity contribution in [1.82, 2.24) is 5.43 Å². The molecule has 3 aromatic carbocycles. The van der Waals surface area contributed by atoms with Crippen LogP contribution in [0.25, 0.3) is 0 Å². The molecular weight excluding hydrogens is 444 g/mol. The average Bonchev–Trinajstić information content (AvgIpc) is 2.70. The van der Waals surface area contributed by atoms with E-state index in [0.29, 0.717) is 21.9 Å². The summed E-state index contributed by atoms with van der Waals surface area (Å²) in [6.45, 7) is 0.374. The standard InChI is InChI=1S/C21H16BrClN2O3/c22-16-7-10-20(26)18(11-16)21(27)25-24-12-14-5-8-17(9-6-14)28-13-15-3-1-2-4-19(15)23/h1-12,26H,13H2,(H,25,27)/b24-12-. The Morgan fingerprint density at radius 1 is 1.14 bits per heavy atom. The number of nitrogens with zero attached hydrogens (tertiary/aromatic N) is 1. The number of nitrogens with one attached hydrogen (secondary N) is 1. The van der Waals surface area contributed by atoms with Crippen LogP contribution in [0, 0.1) is 0 Å². The fourth-order valence-electron chi connectivity index (χ4n) is 2.34. The molecule has 28 heavy (non-hydrogen) atoms. The van der Waals surface area contributed by atoms with Crippen LogP contribution in [0.15, 0.2) is 76.3 Å². The first-order valence-electron chi connectivity index (χ1n) is 8.31. The molecule has 0 spiro atoms. The summed E-state index contributed by atoms with van der Waals surface area (Å²) in [5.41, 5.74) is 4.21. The van der Waals surface area contributed by atoms with E-state index in [1.807, 2.05) is 36.4 Å². The second-order valence-corrected chi connectivity index (χ2v) is 7.13. The zero-order chi connectivity index (χ0) is 19.9. The molecule has 5 nitrogen and oxygen atoms in total. The lowest BCUT2D eigenvalue weighted by Gasteiger charge is -2.07. The van der Waals surface area contributed by atoms with Crippen LogP contribution in [-0.2, 0) is 6.61 Å². The third kappa shape index (κ3) is 5.34. The molecule has 0 aliphatic heterocycles. The van der Waals surface area contributed by atoms with Crippen LogP contribution >= 0.6 is 27.5 Å². The van der Waals surface area contributed by atoms with Gasteiger partial charge in [0.05, 0.1) is 11.8 Å². The van der Waals surface area contributed by atoms with Crippen molar-refractivity contribution in [2.75, 3.05) is 0 Å². The van der Waals surface area contributed by atoms with Crippen LogP contribution in [0.5, 0.6) is 11.5 Å². The minimum absolute atomic E-state index is 0.115. The Hall–Kier alpha value is -2.83. The Morgan fingerprint density at radius 3 is 2.64 bits per heavy atom. The Bertz CT molecular complexity index is 1010. The molecular formula is C21H16BrClN2O3. The first kappa shape index (κ1) is 19.9. The highest BCUT2D eigenvalue weighted by molar-refractivity contribution is 9.10. The molecule has 3 rings (SSSR count). The first-order chi connectivity index (χ1) is 13.5. The summed E-state index contributed by atoms with van der Waals surface area (Å²) in [4.78, 5) is 12.1. The van der Waals surface area contributed by atoms with Crippen molar-refractivity contribution in [3.8, 4) is 11.5 Å². The fraction of sp³-hybridized carbons (Fsp3) is 0.0476. The maximum absolute atomic E-state index is 12.1. The zero-order valence-electron chi connectivity index (χ0n) is 14.6. The second kappa shape index (κ2) is 9.39. The molecule has 1 amide bonds. The molecule has 2 N–H and O–H groups in total. The van der Waals surface area contributed by atoms with E-state index in [-0.39, 0.29) is 11.3 Å². The van der Waals surface area contributed by atoms with Crippen molar-refractivity contribution < 1.29 is 14.6 Å². The number of carbonyl (C=O) groups excluding carboxylic acids is 1. The van der Waals surface area contributed by atoms with E-state index >= 15 is 0 Å². The number of amides is 1. The van der Waals surface area contributed by atoms with E-state index in [2.05, 4.69) is 26.5 Å². The number of hydrogen-bond acceptors (Lipinski definition) is 4. The quantitative estimate of drug-likeness (QED) is 0.395. The lowest BCUT2D eigenvalue weighted by molar-refractivity contribution is 0.0952. The highest BCUT2D eigenvalue weighted by Crippen LogP contribution is 2.22. The smallest absolute Gasteiger partial charge is 0.275 e. The summed E-state index contributed by atoms with van der Waals surface area (Å²) >= 11 is 9.37. The minimum Gasteiger partial charge on any atom is -0.507 e. The molecule has 0 aliphatic carbocycles. The van der Waals surface area contributed by atoms with Crippen molar-refractivity contribution in [2.45, 2.75) is 6.61 Å². The summed E-state index contributed by atoms with van der Waals surface area (Å²) in [7, 11) is 0. The molecule has 0 bridgehead atoms. The van der Waals surface area contributed by atoms with Gasteiger partial charge in [-0.15, -0.1) is 0 Å². The van der Waals surface area contributed by atoms with Gasteiger partial charge in [0.1, 0.15) is 18.1 Å². The van der Waals surface area contributed by atoms with Gasteiger partial charge in [-0.1, -0.05) is 45.7 Å². The lowest BCUT2D eigenvalue weighted by atomic mass is 10.2. The number of aromatic hydroxyl groups is 1. The largest absolute Gasteiger partial charge is 0.507 e. The van der Waals surface area contributed by atoms with Gasteiger partial charge in [0.25, 0.3) is 5.91 Å². The van der Waals surface area contributed by atoms with E-state index < -0.39 is 5.91 Å². The summed E-state index contributed by atoms with van der Waals surface area (Å²) in [6.07, 6.45) is 1.50. The lowest BCUT2D eigenvalue weighted by Crippen LogP contribution is -2.17. The SMILES string of the molecule is O=C(N/N=C\c1ccc(OCc2ccccc2Cl)cc1)c1cc(Br)ccc1O. The van der Waals surface area contributed by atoms with Gasteiger partial charge in [0.2, 0.25) is 0 Å². The molecule has 3 aromatic rings. The number of phenols is 1. The van der Waals surface area contributed by atoms with Crippen molar-refractivity contribution >= 4 is 39.7 Å². The number of benzene rings is 3. The van der Waals surface area contributed by atoms with Gasteiger partial charge in [0.15, 0.2) is 0 Å². The normalized spacial score (nSPS) is 10.8. The number of ether oxygens (including phenoxy) is 1. The maximum atomic E-state index is 12.1. The van der Waals surface area contributed by atoms with Crippen LogP contribution in [0.3, 0.4) is 0 Å². The van der Waals surface area contributed by atoms with Crippen molar-refractivity contribution in [1.29, 1.82) is 0 Å². The third-order valence-corrected chi connectivity index (χ3v) is 4.68.